The predicted molar refractivity (Wildman–Crippen MR) is 77.2 cm³/mol. The largest absolute Gasteiger partial charge is 0.371 e. The predicted octanol–water partition coefficient (Wildman–Crippen LogP) is 4.72. The molecule has 0 atom stereocenters. The molecule has 0 aromatic carbocycles. The van der Waals surface area contributed by atoms with Crippen LogP contribution in [0.1, 0.15) is 64.7 Å². The van der Waals surface area contributed by atoms with E-state index in [2.05, 4.69) is 29.5 Å². The van der Waals surface area contributed by atoms with Gasteiger partial charge in [0.1, 0.15) is 0 Å². The van der Waals surface area contributed by atoms with E-state index in [0.29, 0.717) is 6.10 Å². The highest BCUT2D eigenvalue weighted by molar-refractivity contribution is 14.1. The normalized spacial score (nSPS) is 36.0. The lowest BCUT2D eigenvalue weighted by Crippen LogP contribution is -2.43. The molecule has 0 saturated heterocycles. The van der Waals surface area contributed by atoms with Gasteiger partial charge >= 0.3 is 0 Å². The van der Waals surface area contributed by atoms with Crippen LogP contribution in [0.15, 0.2) is 0 Å². The number of hydrogen-bond acceptors (Lipinski definition) is 1. The Balaban J connectivity index is 1.81. The fraction of sp³-hybridized carbons (Fsp3) is 1.00. The van der Waals surface area contributed by atoms with Gasteiger partial charge in [-0.1, -0.05) is 42.4 Å². The van der Waals surface area contributed by atoms with Gasteiger partial charge in [0.05, 0.1) is 11.7 Å². The molecule has 94 valence electrons. The topological polar surface area (TPSA) is 9.23 Å². The third-order valence-electron chi connectivity index (χ3n) is 4.43. The van der Waals surface area contributed by atoms with Gasteiger partial charge in [-0.3, -0.25) is 0 Å². The molecular formula is C14H25IO. The van der Waals surface area contributed by atoms with E-state index in [-0.39, 0.29) is 5.60 Å². The van der Waals surface area contributed by atoms with Crippen LogP contribution < -0.4 is 0 Å². The summed E-state index contributed by atoms with van der Waals surface area (Å²) >= 11 is 2.54. The first-order valence-corrected chi connectivity index (χ1v) is 8.54. The Morgan fingerprint density at radius 3 is 2.31 bits per heavy atom. The minimum absolute atomic E-state index is 0.260. The first-order chi connectivity index (χ1) is 7.78. The molecule has 2 aliphatic rings. The van der Waals surface area contributed by atoms with Crippen LogP contribution in [-0.4, -0.2) is 16.1 Å². The van der Waals surface area contributed by atoms with Crippen LogP contribution >= 0.6 is 22.6 Å². The summed E-state index contributed by atoms with van der Waals surface area (Å²) in [5, 5.41) is 0. The van der Waals surface area contributed by atoms with E-state index in [1.165, 1.54) is 62.2 Å². The second-order valence-electron chi connectivity index (χ2n) is 5.72. The molecule has 0 amide bonds. The van der Waals surface area contributed by atoms with Crippen molar-refractivity contribution in [3.63, 3.8) is 0 Å². The van der Waals surface area contributed by atoms with E-state index in [1.54, 1.807) is 0 Å². The maximum Gasteiger partial charge on any atom is 0.0775 e. The van der Waals surface area contributed by atoms with Gasteiger partial charge < -0.3 is 4.74 Å². The molecule has 0 radical (unpaired) electrons. The van der Waals surface area contributed by atoms with Gasteiger partial charge in [-0.25, -0.2) is 0 Å². The molecule has 2 heteroatoms. The summed E-state index contributed by atoms with van der Waals surface area (Å²) in [5.74, 6) is 0.992. The average Bonchev–Trinajstić information content (AvgIpc) is 2.27. The van der Waals surface area contributed by atoms with Gasteiger partial charge in [-0.15, -0.1) is 0 Å². The number of ether oxygens (including phenoxy) is 1. The molecule has 2 fully saturated rings. The molecule has 0 aromatic rings. The molecule has 2 rings (SSSR count). The molecule has 0 aromatic heterocycles. The number of hydrogen-bond donors (Lipinski definition) is 0. The molecular weight excluding hydrogens is 311 g/mol. The summed E-state index contributed by atoms with van der Waals surface area (Å²) < 4.78 is 7.58. The zero-order chi connectivity index (χ0) is 11.4. The summed E-state index contributed by atoms with van der Waals surface area (Å²) in [5.41, 5.74) is 0.260. The van der Waals surface area contributed by atoms with Gasteiger partial charge in [0.2, 0.25) is 0 Å². The smallest absolute Gasteiger partial charge is 0.0775 e. The van der Waals surface area contributed by atoms with E-state index in [9.17, 15) is 0 Å². The summed E-state index contributed by atoms with van der Waals surface area (Å²) in [6, 6.07) is 0. The highest BCUT2D eigenvalue weighted by Crippen LogP contribution is 2.41. The minimum Gasteiger partial charge on any atom is -0.371 e. The fourth-order valence-corrected chi connectivity index (χ4v) is 3.97. The first-order valence-electron chi connectivity index (χ1n) is 7.02. The van der Waals surface area contributed by atoms with Crippen molar-refractivity contribution in [2.75, 3.05) is 4.43 Å². The van der Waals surface area contributed by atoms with E-state index in [4.69, 9.17) is 4.74 Å². The Kier molecular flexibility index (Phi) is 4.95. The Morgan fingerprint density at radius 2 is 1.88 bits per heavy atom. The molecule has 0 bridgehead atoms. The average molecular weight is 336 g/mol. The van der Waals surface area contributed by atoms with Crippen LogP contribution in [0.25, 0.3) is 0 Å². The molecule has 0 unspecified atom stereocenters. The number of rotatable bonds is 5. The van der Waals surface area contributed by atoms with Crippen LogP contribution in [0, 0.1) is 5.92 Å². The lowest BCUT2D eigenvalue weighted by atomic mass is 9.77. The third-order valence-corrected chi connectivity index (χ3v) is 5.82. The van der Waals surface area contributed by atoms with E-state index >= 15 is 0 Å². The first kappa shape index (κ1) is 13.1. The SMILES string of the molecule is CCCC1CCC(CI)(OC2CCC2)CC1. The Bertz CT molecular complexity index is 205. The Hall–Kier alpha value is 0.690. The minimum atomic E-state index is 0.260. The lowest BCUT2D eigenvalue weighted by Gasteiger charge is -2.43. The van der Waals surface area contributed by atoms with Crippen molar-refractivity contribution in [3.05, 3.63) is 0 Å². The van der Waals surface area contributed by atoms with E-state index in [1.807, 2.05) is 0 Å². The zero-order valence-electron chi connectivity index (χ0n) is 10.5. The van der Waals surface area contributed by atoms with Crippen molar-refractivity contribution in [3.8, 4) is 0 Å². The second-order valence-corrected chi connectivity index (χ2v) is 6.48. The van der Waals surface area contributed by atoms with Gasteiger partial charge in [-0.2, -0.15) is 0 Å². The van der Waals surface area contributed by atoms with Crippen LogP contribution in [0.4, 0.5) is 0 Å². The van der Waals surface area contributed by atoms with Crippen molar-refractivity contribution < 1.29 is 4.74 Å². The molecule has 16 heavy (non-hydrogen) atoms. The van der Waals surface area contributed by atoms with E-state index in [0.717, 1.165) is 5.92 Å². The maximum absolute atomic E-state index is 6.38. The second kappa shape index (κ2) is 6.03. The summed E-state index contributed by atoms with van der Waals surface area (Å²) in [7, 11) is 0. The van der Waals surface area contributed by atoms with Crippen molar-refractivity contribution in [2.24, 2.45) is 5.92 Å². The maximum atomic E-state index is 6.38. The van der Waals surface area contributed by atoms with Crippen LogP contribution in [0.3, 0.4) is 0 Å². The van der Waals surface area contributed by atoms with Crippen LogP contribution in [0.5, 0.6) is 0 Å². The zero-order valence-corrected chi connectivity index (χ0v) is 12.7. The molecule has 2 aliphatic carbocycles. The van der Waals surface area contributed by atoms with Crippen molar-refractivity contribution in [2.45, 2.75) is 76.4 Å². The fourth-order valence-electron chi connectivity index (χ4n) is 3.03. The number of alkyl halides is 1. The van der Waals surface area contributed by atoms with Gasteiger partial charge in [-0.05, 0) is 50.9 Å². The van der Waals surface area contributed by atoms with Crippen LogP contribution in [0.2, 0.25) is 0 Å². The van der Waals surface area contributed by atoms with Crippen molar-refractivity contribution in [1.29, 1.82) is 0 Å². The molecule has 2 saturated carbocycles. The van der Waals surface area contributed by atoms with Crippen LogP contribution in [-0.2, 0) is 4.74 Å². The third kappa shape index (κ3) is 3.12. The van der Waals surface area contributed by atoms with Crippen molar-refractivity contribution in [1.82, 2.24) is 0 Å². The van der Waals surface area contributed by atoms with Gasteiger partial charge in [0, 0.05) is 4.43 Å². The monoisotopic (exact) mass is 336 g/mol. The quantitative estimate of drug-likeness (QED) is 0.521. The molecule has 0 heterocycles. The van der Waals surface area contributed by atoms with Gasteiger partial charge in [0.15, 0.2) is 0 Å². The molecule has 1 nitrogen and oxygen atoms in total. The molecule has 0 aliphatic heterocycles. The highest BCUT2D eigenvalue weighted by atomic mass is 127. The molecule has 0 N–H and O–H groups in total. The summed E-state index contributed by atoms with van der Waals surface area (Å²) in [4.78, 5) is 0. The Labute approximate surface area is 114 Å². The molecule has 0 spiro atoms. The lowest BCUT2D eigenvalue weighted by molar-refractivity contribution is -0.128. The Morgan fingerprint density at radius 1 is 1.19 bits per heavy atom. The summed E-state index contributed by atoms with van der Waals surface area (Å²) in [6.45, 7) is 2.31. The van der Waals surface area contributed by atoms with Crippen molar-refractivity contribution >= 4 is 22.6 Å². The van der Waals surface area contributed by atoms with Gasteiger partial charge in [0.25, 0.3) is 0 Å². The van der Waals surface area contributed by atoms with E-state index < -0.39 is 0 Å². The number of halogens is 1. The summed E-state index contributed by atoms with van der Waals surface area (Å²) in [6.07, 6.45) is 12.9. The standard InChI is InChI=1S/C14H25IO/c1-2-4-12-7-9-14(11-15,10-8-12)16-13-5-3-6-13/h12-13H,2-11H2,1H3. The highest BCUT2D eigenvalue weighted by Gasteiger charge is 2.38.